The summed E-state index contributed by atoms with van der Waals surface area (Å²) in [5.41, 5.74) is 1.48. The highest BCUT2D eigenvalue weighted by molar-refractivity contribution is 7.90. The third kappa shape index (κ3) is 3.07. The summed E-state index contributed by atoms with van der Waals surface area (Å²) in [7, 11) is -2.83. The molecule has 0 atom stereocenters. The molecule has 0 amide bonds. The molecule has 0 unspecified atom stereocenters. The van der Waals surface area contributed by atoms with Crippen LogP contribution >= 0.6 is 0 Å². The third-order valence-electron chi connectivity index (χ3n) is 3.48. The van der Waals surface area contributed by atoms with Crippen LogP contribution in [0.15, 0.2) is 30.3 Å². The Morgan fingerprint density at radius 3 is 2.35 bits per heavy atom. The first-order valence-electron chi connectivity index (χ1n) is 5.96. The van der Waals surface area contributed by atoms with Crippen LogP contribution in [-0.2, 0) is 15.3 Å². The number of hydrogen-bond acceptors (Lipinski definition) is 3. The van der Waals surface area contributed by atoms with Gasteiger partial charge >= 0.3 is 0 Å². The van der Waals surface area contributed by atoms with Gasteiger partial charge in [-0.2, -0.15) is 0 Å². The van der Waals surface area contributed by atoms with E-state index in [1.54, 1.807) is 0 Å². The quantitative estimate of drug-likeness (QED) is 0.861. The van der Waals surface area contributed by atoms with Gasteiger partial charge in [-0.3, -0.25) is 0 Å². The lowest BCUT2D eigenvalue weighted by molar-refractivity contribution is 0.256. The molecule has 1 heterocycles. The van der Waals surface area contributed by atoms with Gasteiger partial charge in [0.05, 0.1) is 0 Å². The average molecular weight is 253 g/mol. The molecule has 1 fully saturated rings. The van der Waals surface area contributed by atoms with Crippen LogP contribution in [0.4, 0.5) is 0 Å². The molecular weight excluding hydrogens is 234 g/mol. The van der Waals surface area contributed by atoms with Crippen LogP contribution in [0.25, 0.3) is 0 Å². The predicted octanol–water partition coefficient (Wildman–Crippen LogP) is 1.35. The first-order chi connectivity index (χ1) is 8.02. The van der Waals surface area contributed by atoms with Crippen LogP contribution in [0, 0.1) is 0 Å². The van der Waals surface area contributed by atoms with Crippen LogP contribution in [-0.4, -0.2) is 33.5 Å². The highest BCUT2D eigenvalue weighted by Crippen LogP contribution is 2.33. The summed E-state index contributed by atoms with van der Waals surface area (Å²) in [5.74, 6) is 0.293. The summed E-state index contributed by atoms with van der Waals surface area (Å²) < 4.78 is 22.3. The molecule has 1 aliphatic rings. The molecule has 1 aliphatic heterocycles. The highest BCUT2D eigenvalue weighted by atomic mass is 32.2. The van der Waals surface area contributed by atoms with E-state index < -0.39 is 9.84 Å². The smallest absolute Gasteiger partial charge is 0.147 e. The maximum Gasteiger partial charge on any atom is 0.147 e. The van der Waals surface area contributed by atoms with Crippen molar-refractivity contribution in [1.82, 2.24) is 5.32 Å². The standard InChI is InChI=1S/C13H19NO2S/c1-17(15,16)9-5-8-13(10-14-11-13)12-6-3-2-4-7-12/h2-4,6-7,14H,5,8-11H2,1H3. The molecule has 0 aromatic heterocycles. The van der Waals surface area contributed by atoms with Crippen molar-refractivity contribution in [2.75, 3.05) is 25.1 Å². The minimum atomic E-state index is -2.83. The second-order valence-electron chi connectivity index (χ2n) is 4.98. The molecule has 1 aromatic carbocycles. The highest BCUT2D eigenvalue weighted by Gasteiger charge is 2.37. The van der Waals surface area contributed by atoms with Crippen molar-refractivity contribution in [3.05, 3.63) is 35.9 Å². The molecule has 0 spiro atoms. The molecule has 17 heavy (non-hydrogen) atoms. The molecule has 4 heteroatoms. The number of nitrogens with one attached hydrogen (secondary N) is 1. The monoisotopic (exact) mass is 253 g/mol. The lowest BCUT2D eigenvalue weighted by atomic mass is 9.72. The average Bonchev–Trinajstić information content (AvgIpc) is 2.22. The molecule has 3 nitrogen and oxygen atoms in total. The Morgan fingerprint density at radius 2 is 1.88 bits per heavy atom. The Kier molecular flexibility index (Phi) is 3.54. The van der Waals surface area contributed by atoms with Crippen molar-refractivity contribution < 1.29 is 8.42 Å². The van der Waals surface area contributed by atoms with Gasteiger partial charge in [0.1, 0.15) is 9.84 Å². The van der Waals surface area contributed by atoms with E-state index >= 15 is 0 Å². The van der Waals surface area contributed by atoms with E-state index in [0.29, 0.717) is 5.75 Å². The second-order valence-corrected chi connectivity index (χ2v) is 7.24. The van der Waals surface area contributed by atoms with Gasteiger partial charge in [-0.05, 0) is 18.4 Å². The summed E-state index contributed by atoms with van der Waals surface area (Å²) in [6.45, 7) is 1.92. The predicted molar refractivity (Wildman–Crippen MR) is 69.9 cm³/mol. The Labute approximate surface area is 103 Å². The fraction of sp³-hybridized carbons (Fsp3) is 0.538. The Balaban J connectivity index is 2.01. The summed E-state index contributed by atoms with van der Waals surface area (Å²) in [6.07, 6.45) is 2.99. The van der Waals surface area contributed by atoms with E-state index in [1.165, 1.54) is 11.8 Å². The summed E-state index contributed by atoms with van der Waals surface area (Å²) in [5, 5.41) is 3.30. The molecule has 94 valence electrons. The summed E-state index contributed by atoms with van der Waals surface area (Å²) >= 11 is 0. The maximum atomic E-state index is 11.1. The molecular formula is C13H19NO2S. The first kappa shape index (κ1) is 12.6. The first-order valence-corrected chi connectivity index (χ1v) is 8.02. The van der Waals surface area contributed by atoms with Gasteiger partial charge in [0, 0.05) is 30.5 Å². The van der Waals surface area contributed by atoms with E-state index in [2.05, 4.69) is 17.4 Å². The van der Waals surface area contributed by atoms with Crippen molar-refractivity contribution in [3.8, 4) is 0 Å². The number of benzene rings is 1. The fourth-order valence-corrected chi connectivity index (χ4v) is 3.09. The van der Waals surface area contributed by atoms with Crippen LogP contribution < -0.4 is 5.32 Å². The van der Waals surface area contributed by atoms with E-state index in [-0.39, 0.29) is 5.41 Å². The molecule has 1 N–H and O–H groups in total. The summed E-state index contributed by atoms with van der Waals surface area (Å²) in [4.78, 5) is 0. The molecule has 0 radical (unpaired) electrons. The Bertz CT molecular complexity index is 463. The van der Waals surface area contributed by atoms with E-state index in [1.807, 2.05) is 18.2 Å². The van der Waals surface area contributed by atoms with Gasteiger partial charge in [-0.15, -0.1) is 0 Å². The number of rotatable bonds is 5. The van der Waals surface area contributed by atoms with Crippen LogP contribution in [0.3, 0.4) is 0 Å². The minimum Gasteiger partial charge on any atom is -0.315 e. The number of hydrogen-bond donors (Lipinski definition) is 1. The van der Waals surface area contributed by atoms with E-state index in [4.69, 9.17) is 0 Å². The normalized spacial score (nSPS) is 18.6. The van der Waals surface area contributed by atoms with Gasteiger partial charge in [0.25, 0.3) is 0 Å². The largest absolute Gasteiger partial charge is 0.315 e. The zero-order valence-corrected chi connectivity index (χ0v) is 11.0. The van der Waals surface area contributed by atoms with Crippen molar-refractivity contribution in [2.24, 2.45) is 0 Å². The van der Waals surface area contributed by atoms with Crippen LogP contribution in [0.1, 0.15) is 18.4 Å². The van der Waals surface area contributed by atoms with Crippen molar-refractivity contribution in [2.45, 2.75) is 18.3 Å². The second kappa shape index (κ2) is 4.78. The molecule has 0 bridgehead atoms. The zero-order chi connectivity index (χ0) is 12.4. The van der Waals surface area contributed by atoms with Crippen LogP contribution in [0.2, 0.25) is 0 Å². The maximum absolute atomic E-state index is 11.1. The fourth-order valence-electron chi connectivity index (χ4n) is 2.42. The lowest BCUT2D eigenvalue weighted by Crippen LogP contribution is -2.56. The summed E-state index contributed by atoms with van der Waals surface area (Å²) in [6, 6.07) is 10.4. The minimum absolute atomic E-state index is 0.159. The van der Waals surface area contributed by atoms with Gasteiger partial charge < -0.3 is 5.32 Å². The van der Waals surface area contributed by atoms with Gasteiger partial charge in [-0.25, -0.2) is 8.42 Å². The van der Waals surface area contributed by atoms with Crippen molar-refractivity contribution in [1.29, 1.82) is 0 Å². The van der Waals surface area contributed by atoms with Gasteiger partial charge in [0.2, 0.25) is 0 Å². The molecule has 0 saturated carbocycles. The topological polar surface area (TPSA) is 46.2 Å². The zero-order valence-electron chi connectivity index (χ0n) is 10.1. The molecule has 2 rings (SSSR count). The van der Waals surface area contributed by atoms with Crippen molar-refractivity contribution in [3.63, 3.8) is 0 Å². The van der Waals surface area contributed by atoms with Gasteiger partial charge in [-0.1, -0.05) is 30.3 Å². The Morgan fingerprint density at radius 1 is 1.24 bits per heavy atom. The van der Waals surface area contributed by atoms with E-state index in [0.717, 1.165) is 25.9 Å². The van der Waals surface area contributed by atoms with E-state index in [9.17, 15) is 8.42 Å². The number of sulfone groups is 1. The Hall–Kier alpha value is -0.870. The van der Waals surface area contributed by atoms with Crippen molar-refractivity contribution >= 4 is 9.84 Å². The third-order valence-corrected chi connectivity index (χ3v) is 4.51. The SMILES string of the molecule is CS(=O)(=O)CCCC1(c2ccccc2)CNC1. The van der Waals surface area contributed by atoms with Crippen LogP contribution in [0.5, 0.6) is 0 Å². The van der Waals surface area contributed by atoms with Gasteiger partial charge in [0.15, 0.2) is 0 Å². The molecule has 0 aliphatic carbocycles. The molecule has 1 saturated heterocycles. The molecule has 1 aromatic rings. The lowest BCUT2D eigenvalue weighted by Gasteiger charge is -2.43.